The van der Waals surface area contributed by atoms with Crippen LogP contribution in [0.25, 0.3) is 0 Å². The van der Waals surface area contributed by atoms with Crippen LogP contribution in [0.15, 0.2) is 24.3 Å². The summed E-state index contributed by atoms with van der Waals surface area (Å²) in [6.45, 7) is 7.52. The van der Waals surface area contributed by atoms with Crippen LogP contribution in [0, 0.1) is 6.92 Å². The van der Waals surface area contributed by atoms with Crippen LogP contribution >= 0.6 is 0 Å². The van der Waals surface area contributed by atoms with Crippen molar-refractivity contribution >= 4 is 5.91 Å². The van der Waals surface area contributed by atoms with Gasteiger partial charge in [-0.2, -0.15) is 0 Å². The first-order valence-corrected chi connectivity index (χ1v) is 5.64. The fraction of sp³-hybridized carbons (Fsp3) is 0.462. The molecule has 1 rings (SSSR count). The fourth-order valence-corrected chi connectivity index (χ4v) is 1.45. The van der Waals surface area contributed by atoms with Gasteiger partial charge in [0.2, 0.25) is 0 Å². The van der Waals surface area contributed by atoms with E-state index in [-0.39, 0.29) is 12.5 Å². The minimum absolute atomic E-state index is 0.0329. The SMILES string of the molecule is CCN(CC)C(=O)COc1ccc(C)cc1. The van der Waals surface area contributed by atoms with Gasteiger partial charge in [0.05, 0.1) is 0 Å². The van der Waals surface area contributed by atoms with Crippen LogP contribution in [-0.4, -0.2) is 30.5 Å². The number of aryl methyl sites for hydroxylation is 1. The fourth-order valence-electron chi connectivity index (χ4n) is 1.45. The van der Waals surface area contributed by atoms with Crippen LogP contribution in [0.2, 0.25) is 0 Å². The summed E-state index contributed by atoms with van der Waals surface area (Å²) in [5, 5.41) is 0. The van der Waals surface area contributed by atoms with Gasteiger partial charge in [-0.3, -0.25) is 4.79 Å². The third kappa shape index (κ3) is 3.57. The lowest BCUT2D eigenvalue weighted by molar-refractivity contribution is -0.132. The largest absolute Gasteiger partial charge is 0.484 e. The van der Waals surface area contributed by atoms with E-state index >= 15 is 0 Å². The van der Waals surface area contributed by atoms with Gasteiger partial charge >= 0.3 is 0 Å². The van der Waals surface area contributed by atoms with E-state index in [9.17, 15) is 4.79 Å². The molecule has 0 heterocycles. The van der Waals surface area contributed by atoms with Gasteiger partial charge < -0.3 is 9.64 Å². The van der Waals surface area contributed by atoms with Crippen molar-refractivity contribution in [3.63, 3.8) is 0 Å². The van der Waals surface area contributed by atoms with Crippen molar-refractivity contribution in [3.05, 3.63) is 29.8 Å². The maximum absolute atomic E-state index is 11.6. The number of ether oxygens (including phenoxy) is 1. The Morgan fingerprint density at radius 2 is 1.75 bits per heavy atom. The number of likely N-dealkylation sites (N-methyl/N-ethyl adjacent to an activating group) is 1. The first-order valence-electron chi connectivity index (χ1n) is 5.64. The Morgan fingerprint density at radius 1 is 1.19 bits per heavy atom. The molecule has 0 N–H and O–H groups in total. The highest BCUT2D eigenvalue weighted by Crippen LogP contribution is 2.11. The second kappa shape index (κ2) is 6.16. The molecule has 0 spiro atoms. The molecular formula is C13H19NO2. The zero-order valence-electron chi connectivity index (χ0n) is 10.2. The second-order valence-electron chi connectivity index (χ2n) is 3.67. The molecule has 0 aliphatic carbocycles. The van der Waals surface area contributed by atoms with E-state index in [1.54, 1.807) is 4.90 Å². The van der Waals surface area contributed by atoms with E-state index in [0.717, 1.165) is 18.8 Å². The predicted octanol–water partition coefficient (Wildman–Crippen LogP) is 2.24. The third-order valence-electron chi connectivity index (χ3n) is 2.50. The van der Waals surface area contributed by atoms with E-state index in [1.807, 2.05) is 45.0 Å². The maximum Gasteiger partial charge on any atom is 0.260 e. The predicted molar refractivity (Wildman–Crippen MR) is 64.6 cm³/mol. The van der Waals surface area contributed by atoms with Crippen molar-refractivity contribution in [1.82, 2.24) is 4.90 Å². The lowest BCUT2D eigenvalue weighted by Gasteiger charge is -2.18. The average molecular weight is 221 g/mol. The molecule has 0 aliphatic rings. The Morgan fingerprint density at radius 3 is 2.25 bits per heavy atom. The average Bonchev–Trinajstić information content (AvgIpc) is 2.30. The molecule has 1 aromatic rings. The Hall–Kier alpha value is -1.51. The quantitative estimate of drug-likeness (QED) is 0.763. The van der Waals surface area contributed by atoms with Gasteiger partial charge in [-0.25, -0.2) is 0 Å². The van der Waals surface area contributed by atoms with Crippen molar-refractivity contribution in [2.45, 2.75) is 20.8 Å². The Kier molecular flexibility index (Phi) is 4.83. The first kappa shape index (κ1) is 12.6. The number of rotatable bonds is 5. The summed E-state index contributed by atoms with van der Waals surface area (Å²) < 4.78 is 5.42. The highest BCUT2D eigenvalue weighted by atomic mass is 16.5. The van der Waals surface area contributed by atoms with Gasteiger partial charge in [0.25, 0.3) is 5.91 Å². The van der Waals surface area contributed by atoms with Crippen molar-refractivity contribution in [1.29, 1.82) is 0 Å². The van der Waals surface area contributed by atoms with Crippen LogP contribution in [0.5, 0.6) is 5.75 Å². The van der Waals surface area contributed by atoms with Crippen LogP contribution in [0.1, 0.15) is 19.4 Å². The molecular weight excluding hydrogens is 202 g/mol. The maximum atomic E-state index is 11.6. The summed E-state index contributed by atoms with van der Waals surface area (Å²) in [5.41, 5.74) is 1.18. The highest BCUT2D eigenvalue weighted by molar-refractivity contribution is 5.77. The number of nitrogens with zero attached hydrogens (tertiary/aromatic N) is 1. The van der Waals surface area contributed by atoms with E-state index in [4.69, 9.17) is 4.74 Å². The summed E-state index contributed by atoms with van der Waals surface area (Å²) in [4.78, 5) is 13.4. The number of carbonyl (C=O) groups excluding carboxylic acids is 1. The monoisotopic (exact) mass is 221 g/mol. The standard InChI is InChI=1S/C13H19NO2/c1-4-14(5-2)13(15)10-16-12-8-6-11(3)7-9-12/h6-9H,4-5,10H2,1-3H3. The van der Waals surface area contributed by atoms with Crippen LogP contribution in [0.3, 0.4) is 0 Å². The van der Waals surface area contributed by atoms with E-state index < -0.39 is 0 Å². The number of carbonyl (C=O) groups is 1. The molecule has 1 aromatic carbocycles. The number of hydrogen-bond acceptors (Lipinski definition) is 2. The van der Waals surface area contributed by atoms with Crippen molar-refractivity contribution in [2.24, 2.45) is 0 Å². The van der Waals surface area contributed by atoms with Gasteiger partial charge in [0, 0.05) is 13.1 Å². The Balaban J connectivity index is 2.45. The molecule has 0 radical (unpaired) electrons. The molecule has 0 aromatic heterocycles. The molecule has 0 unspecified atom stereocenters. The first-order chi connectivity index (χ1) is 7.67. The second-order valence-corrected chi connectivity index (χ2v) is 3.67. The normalized spacial score (nSPS) is 9.94. The Bertz CT molecular complexity index is 328. The topological polar surface area (TPSA) is 29.5 Å². The molecule has 3 heteroatoms. The lowest BCUT2D eigenvalue weighted by Crippen LogP contribution is -2.34. The summed E-state index contributed by atoms with van der Waals surface area (Å²) in [5.74, 6) is 0.775. The highest BCUT2D eigenvalue weighted by Gasteiger charge is 2.09. The number of benzene rings is 1. The van der Waals surface area contributed by atoms with Crippen LogP contribution in [-0.2, 0) is 4.79 Å². The molecule has 0 bridgehead atoms. The van der Waals surface area contributed by atoms with E-state index in [0.29, 0.717) is 0 Å². The molecule has 0 saturated carbocycles. The van der Waals surface area contributed by atoms with Crippen LogP contribution in [0.4, 0.5) is 0 Å². The number of amides is 1. The number of hydrogen-bond donors (Lipinski definition) is 0. The van der Waals surface area contributed by atoms with E-state index in [1.165, 1.54) is 5.56 Å². The molecule has 16 heavy (non-hydrogen) atoms. The molecule has 3 nitrogen and oxygen atoms in total. The minimum Gasteiger partial charge on any atom is -0.484 e. The smallest absolute Gasteiger partial charge is 0.260 e. The van der Waals surface area contributed by atoms with Crippen molar-refractivity contribution in [3.8, 4) is 5.75 Å². The van der Waals surface area contributed by atoms with Gasteiger partial charge in [-0.15, -0.1) is 0 Å². The van der Waals surface area contributed by atoms with Gasteiger partial charge in [-0.1, -0.05) is 17.7 Å². The zero-order valence-corrected chi connectivity index (χ0v) is 10.2. The van der Waals surface area contributed by atoms with Gasteiger partial charge in [0.1, 0.15) is 5.75 Å². The zero-order chi connectivity index (χ0) is 12.0. The van der Waals surface area contributed by atoms with Gasteiger partial charge in [-0.05, 0) is 32.9 Å². The molecule has 0 atom stereocenters. The lowest BCUT2D eigenvalue weighted by atomic mass is 10.2. The van der Waals surface area contributed by atoms with Gasteiger partial charge in [0.15, 0.2) is 6.61 Å². The molecule has 0 aliphatic heterocycles. The Labute approximate surface area is 97.0 Å². The van der Waals surface area contributed by atoms with E-state index in [2.05, 4.69) is 0 Å². The molecule has 1 amide bonds. The summed E-state index contributed by atoms with van der Waals surface area (Å²) in [6.07, 6.45) is 0. The van der Waals surface area contributed by atoms with Crippen LogP contribution < -0.4 is 4.74 Å². The van der Waals surface area contributed by atoms with Crippen molar-refractivity contribution in [2.75, 3.05) is 19.7 Å². The molecule has 88 valence electrons. The summed E-state index contributed by atoms with van der Waals surface area (Å²) >= 11 is 0. The molecule has 0 fully saturated rings. The summed E-state index contributed by atoms with van der Waals surface area (Å²) in [7, 11) is 0. The molecule has 0 saturated heterocycles. The third-order valence-corrected chi connectivity index (χ3v) is 2.50. The summed E-state index contributed by atoms with van der Waals surface area (Å²) in [6, 6.07) is 7.70. The van der Waals surface area contributed by atoms with Crippen molar-refractivity contribution < 1.29 is 9.53 Å². The minimum atomic E-state index is 0.0329.